The molecule has 3 rings (SSSR count). The lowest BCUT2D eigenvalue weighted by atomic mass is 10.1. The second-order valence-corrected chi connectivity index (χ2v) is 6.68. The fourth-order valence-corrected chi connectivity index (χ4v) is 3.17. The number of hydrogen-bond donors (Lipinski definition) is 2. The molecule has 1 unspecified atom stereocenters. The summed E-state index contributed by atoms with van der Waals surface area (Å²) in [7, 11) is 0. The van der Waals surface area contributed by atoms with Crippen molar-refractivity contribution in [1.29, 1.82) is 0 Å². The number of primary amides is 1. The van der Waals surface area contributed by atoms with Crippen LogP contribution in [0.4, 0.5) is 5.69 Å². The van der Waals surface area contributed by atoms with Crippen molar-refractivity contribution >= 4 is 27.5 Å². The van der Waals surface area contributed by atoms with Crippen LogP contribution in [0.5, 0.6) is 0 Å². The predicted octanol–water partition coefficient (Wildman–Crippen LogP) is 2.01. The van der Waals surface area contributed by atoms with E-state index in [1.165, 1.54) is 24.1 Å². The number of amides is 1. The topological polar surface area (TPSA) is 58.4 Å². The van der Waals surface area contributed by atoms with Crippen LogP contribution in [0.2, 0.25) is 0 Å². The van der Waals surface area contributed by atoms with Crippen LogP contribution in [-0.2, 0) is 11.3 Å². The summed E-state index contributed by atoms with van der Waals surface area (Å²) in [5, 5.41) is 3.56. The van der Waals surface area contributed by atoms with Crippen LogP contribution in [0, 0.1) is 5.92 Å². The van der Waals surface area contributed by atoms with Crippen LogP contribution in [-0.4, -0.2) is 25.0 Å². The van der Waals surface area contributed by atoms with Gasteiger partial charge < -0.3 is 16.0 Å². The summed E-state index contributed by atoms with van der Waals surface area (Å²) in [5.41, 5.74) is 7.94. The normalized spacial score (nSPS) is 22.2. The Morgan fingerprint density at radius 2 is 2.20 bits per heavy atom. The molecule has 0 aromatic heterocycles. The average Bonchev–Trinajstić information content (AvgIpc) is 3.11. The maximum Gasteiger partial charge on any atom is 0.222 e. The molecule has 20 heavy (non-hydrogen) atoms. The molecule has 0 radical (unpaired) electrons. The molecule has 1 saturated carbocycles. The number of carbonyl (C=O) groups is 1. The van der Waals surface area contributed by atoms with E-state index >= 15 is 0 Å². The van der Waals surface area contributed by atoms with E-state index < -0.39 is 0 Å². The first-order valence-corrected chi connectivity index (χ1v) is 7.99. The molecule has 1 saturated heterocycles. The van der Waals surface area contributed by atoms with Crippen LogP contribution < -0.4 is 16.0 Å². The highest BCUT2D eigenvalue weighted by Crippen LogP contribution is 2.30. The molecule has 0 bridgehead atoms. The number of anilines is 1. The largest absolute Gasteiger partial charge is 0.370 e. The Kier molecular flexibility index (Phi) is 3.98. The van der Waals surface area contributed by atoms with Gasteiger partial charge in [-0.3, -0.25) is 4.79 Å². The maximum absolute atomic E-state index is 11.3. The van der Waals surface area contributed by atoms with Crippen molar-refractivity contribution in [3.05, 3.63) is 28.2 Å². The smallest absolute Gasteiger partial charge is 0.222 e. The number of nitrogens with one attached hydrogen (secondary N) is 1. The Morgan fingerprint density at radius 3 is 2.85 bits per heavy atom. The lowest BCUT2D eigenvalue weighted by molar-refractivity contribution is -0.121. The number of hydrogen-bond acceptors (Lipinski definition) is 3. The van der Waals surface area contributed by atoms with E-state index in [0.29, 0.717) is 6.04 Å². The monoisotopic (exact) mass is 337 g/mol. The van der Waals surface area contributed by atoms with E-state index in [0.717, 1.165) is 30.5 Å². The van der Waals surface area contributed by atoms with Crippen LogP contribution in [0.25, 0.3) is 0 Å². The quantitative estimate of drug-likeness (QED) is 0.864. The molecule has 1 aromatic carbocycles. The van der Waals surface area contributed by atoms with Crippen molar-refractivity contribution in [2.24, 2.45) is 11.7 Å². The third-order valence-electron chi connectivity index (χ3n) is 4.13. The molecular formula is C15H20BrN3O. The standard InChI is InChI=1S/C15H20BrN3O/c16-12-1-4-14(11(7-12)8-18-13-2-3-13)19-6-5-10(9-19)15(17)20/h1,4,7,10,13,18H,2-3,5-6,8-9H2,(H2,17,20). The van der Waals surface area contributed by atoms with Gasteiger partial charge in [0.05, 0.1) is 5.92 Å². The molecule has 2 fully saturated rings. The lowest BCUT2D eigenvalue weighted by Gasteiger charge is -2.22. The second kappa shape index (κ2) is 5.74. The Bertz CT molecular complexity index is 516. The van der Waals surface area contributed by atoms with E-state index in [2.05, 4.69) is 44.3 Å². The van der Waals surface area contributed by atoms with E-state index in [4.69, 9.17) is 5.73 Å². The Morgan fingerprint density at radius 1 is 1.40 bits per heavy atom. The van der Waals surface area contributed by atoms with E-state index in [1.54, 1.807) is 0 Å². The number of carbonyl (C=O) groups excluding carboxylic acids is 1. The van der Waals surface area contributed by atoms with Gasteiger partial charge in [-0.25, -0.2) is 0 Å². The Labute approximate surface area is 127 Å². The molecule has 4 nitrogen and oxygen atoms in total. The van der Waals surface area contributed by atoms with Gasteiger partial charge in [0.2, 0.25) is 5.91 Å². The zero-order chi connectivity index (χ0) is 14.1. The van der Waals surface area contributed by atoms with Gasteiger partial charge in [-0.1, -0.05) is 15.9 Å². The minimum absolute atomic E-state index is 0.0112. The highest BCUT2D eigenvalue weighted by molar-refractivity contribution is 9.10. The van der Waals surface area contributed by atoms with Crippen LogP contribution >= 0.6 is 15.9 Å². The summed E-state index contributed by atoms with van der Waals surface area (Å²) >= 11 is 3.54. The molecule has 1 aliphatic carbocycles. The van der Waals surface area contributed by atoms with Crippen molar-refractivity contribution in [3.8, 4) is 0 Å². The molecule has 2 aliphatic rings. The molecular weight excluding hydrogens is 318 g/mol. The van der Waals surface area contributed by atoms with Gasteiger partial charge in [-0.05, 0) is 43.0 Å². The van der Waals surface area contributed by atoms with Crippen molar-refractivity contribution in [2.75, 3.05) is 18.0 Å². The minimum atomic E-state index is -0.178. The first-order chi connectivity index (χ1) is 9.63. The van der Waals surface area contributed by atoms with Crippen molar-refractivity contribution in [3.63, 3.8) is 0 Å². The van der Waals surface area contributed by atoms with Crippen LogP contribution in [0.1, 0.15) is 24.8 Å². The number of halogens is 1. The third-order valence-corrected chi connectivity index (χ3v) is 4.62. The van der Waals surface area contributed by atoms with Gasteiger partial charge in [0.25, 0.3) is 0 Å². The fraction of sp³-hybridized carbons (Fsp3) is 0.533. The summed E-state index contributed by atoms with van der Waals surface area (Å²) in [5.74, 6) is -0.190. The summed E-state index contributed by atoms with van der Waals surface area (Å²) in [6.07, 6.45) is 3.44. The van der Waals surface area contributed by atoms with Gasteiger partial charge in [-0.2, -0.15) is 0 Å². The van der Waals surface area contributed by atoms with Crippen molar-refractivity contribution in [1.82, 2.24) is 5.32 Å². The van der Waals surface area contributed by atoms with Crippen molar-refractivity contribution < 1.29 is 4.79 Å². The number of nitrogens with two attached hydrogens (primary N) is 1. The molecule has 1 heterocycles. The molecule has 3 N–H and O–H groups in total. The van der Waals surface area contributed by atoms with Crippen molar-refractivity contribution in [2.45, 2.75) is 31.8 Å². The second-order valence-electron chi connectivity index (χ2n) is 5.76. The minimum Gasteiger partial charge on any atom is -0.370 e. The fourth-order valence-electron chi connectivity index (χ4n) is 2.76. The molecule has 1 aliphatic heterocycles. The van der Waals surface area contributed by atoms with Gasteiger partial charge in [0.1, 0.15) is 0 Å². The summed E-state index contributed by atoms with van der Waals surface area (Å²) < 4.78 is 1.10. The molecule has 1 amide bonds. The van der Waals surface area contributed by atoms with Crippen LogP contribution in [0.15, 0.2) is 22.7 Å². The van der Waals surface area contributed by atoms with Gasteiger partial charge in [-0.15, -0.1) is 0 Å². The first kappa shape index (κ1) is 13.9. The molecule has 1 aromatic rings. The van der Waals surface area contributed by atoms with E-state index in [1.807, 2.05) is 0 Å². The summed E-state index contributed by atoms with van der Waals surface area (Å²) in [4.78, 5) is 13.6. The Balaban J connectivity index is 1.75. The molecule has 5 heteroatoms. The van der Waals surface area contributed by atoms with E-state index in [-0.39, 0.29) is 11.8 Å². The van der Waals surface area contributed by atoms with Gasteiger partial charge in [0, 0.05) is 35.8 Å². The van der Waals surface area contributed by atoms with E-state index in [9.17, 15) is 4.79 Å². The summed E-state index contributed by atoms with van der Waals surface area (Å²) in [6, 6.07) is 7.06. The number of rotatable bonds is 5. The predicted molar refractivity (Wildman–Crippen MR) is 83.5 cm³/mol. The SMILES string of the molecule is NC(=O)C1CCN(c2ccc(Br)cc2CNC2CC2)C1. The van der Waals surface area contributed by atoms with Gasteiger partial charge in [0.15, 0.2) is 0 Å². The van der Waals surface area contributed by atoms with Gasteiger partial charge >= 0.3 is 0 Å². The zero-order valence-corrected chi connectivity index (χ0v) is 13.0. The highest BCUT2D eigenvalue weighted by atomic mass is 79.9. The molecule has 1 atom stereocenters. The molecule has 0 spiro atoms. The highest BCUT2D eigenvalue weighted by Gasteiger charge is 2.28. The lowest BCUT2D eigenvalue weighted by Crippen LogP contribution is -2.28. The zero-order valence-electron chi connectivity index (χ0n) is 11.4. The number of nitrogens with zero attached hydrogens (tertiary/aromatic N) is 1. The summed E-state index contributed by atoms with van der Waals surface area (Å²) in [6.45, 7) is 2.54. The first-order valence-electron chi connectivity index (χ1n) is 7.19. The van der Waals surface area contributed by atoms with Crippen LogP contribution in [0.3, 0.4) is 0 Å². The third kappa shape index (κ3) is 3.15. The number of benzene rings is 1. The average molecular weight is 338 g/mol. The molecule has 108 valence electrons. The maximum atomic E-state index is 11.3. The Hall–Kier alpha value is -1.07.